The van der Waals surface area contributed by atoms with Crippen LogP contribution in [0.15, 0.2) is 48.5 Å². The van der Waals surface area contributed by atoms with Crippen molar-refractivity contribution in [3.8, 4) is 0 Å². The Morgan fingerprint density at radius 2 is 1.96 bits per heavy atom. The highest BCUT2D eigenvalue weighted by atomic mass is 35.5. The molecule has 2 atom stereocenters. The van der Waals surface area contributed by atoms with Gasteiger partial charge in [-0.25, -0.2) is 0 Å². The molecule has 1 amide bonds. The van der Waals surface area contributed by atoms with E-state index >= 15 is 0 Å². The SMILES string of the molecule is O=C(Nc1ccc(C[C@@]23CN[C@@H](CO2)C3)cc1)c1ccc(Cl)cc1. The summed E-state index contributed by atoms with van der Waals surface area (Å²) in [4.78, 5) is 12.2. The summed E-state index contributed by atoms with van der Waals surface area (Å²) in [7, 11) is 0. The molecule has 4 nitrogen and oxygen atoms in total. The first-order chi connectivity index (χ1) is 11.6. The monoisotopic (exact) mass is 342 g/mol. The van der Waals surface area contributed by atoms with E-state index in [4.69, 9.17) is 16.3 Å². The molecule has 5 heteroatoms. The summed E-state index contributed by atoms with van der Waals surface area (Å²) < 4.78 is 5.96. The van der Waals surface area contributed by atoms with Gasteiger partial charge < -0.3 is 15.4 Å². The number of carbonyl (C=O) groups excluding carboxylic acids is 1. The Morgan fingerprint density at radius 1 is 1.21 bits per heavy atom. The van der Waals surface area contributed by atoms with Crippen molar-refractivity contribution in [2.45, 2.75) is 24.5 Å². The fraction of sp³-hybridized carbons (Fsp3) is 0.316. The number of rotatable bonds is 4. The summed E-state index contributed by atoms with van der Waals surface area (Å²) in [5.74, 6) is -0.139. The van der Waals surface area contributed by atoms with E-state index in [1.807, 2.05) is 12.1 Å². The number of benzene rings is 2. The van der Waals surface area contributed by atoms with Crippen LogP contribution in [0.1, 0.15) is 22.3 Å². The van der Waals surface area contributed by atoms with Crippen molar-refractivity contribution < 1.29 is 9.53 Å². The largest absolute Gasteiger partial charge is 0.372 e. The Hall–Kier alpha value is -1.88. The van der Waals surface area contributed by atoms with Crippen molar-refractivity contribution in [3.05, 3.63) is 64.7 Å². The summed E-state index contributed by atoms with van der Waals surface area (Å²) in [6, 6.07) is 15.4. The zero-order chi connectivity index (χ0) is 16.6. The molecule has 2 fully saturated rings. The number of nitrogens with one attached hydrogen (secondary N) is 2. The number of fused-ring (bicyclic) bond motifs is 2. The second-order valence-corrected chi connectivity index (χ2v) is 7.05. The Morgan fingerprint density at radius 3 is 2.54 bits per heavy atom. The smallest absolute Gasteiger partial charge is 0.255 e. The van der Waals surface area contributed by atoms with Crippen LogP contribution in [0.5, 0.6) is 0 Å². The van der Waals surface area contributed by atoms with Crippen molar-refractivity contribution >= 4 is 23.2 Å². The van der Waals surface area contributed by atoms with Gasteiger partial charge in [0, 0.05) is 35.3 Å². The lowest BCUT2D eigenvalue weighted by molar-refractivity contribution is -0.00521. The minimum Gasteiger partial charge on any atom is -0.372 e. The lowest BCUT2D eigenvalue weighted by atomic mass is 9.93. The van der Waals surface area contributed by atoms with Crippen LogP contribution in [0.2, 0.25) is 5.02 Å². The molecule has 2 aliphatic heterocycles. The Bertz CT molecular complexity index is 735. The van der Waals surface area contributed by atoms with Gasteiger partial charge in [0.1, 0.15) is 0 Å². The normalized spacial score (nSPS) is 25.0. The second-order valence-electron chi connectivity index (χ2n) is 6.61. The van der Waals surface area contributed by atoms with E-state index in [2.05, 4.69) is 22.8 Å². The topological polar surface area (TPSA) is 50.4 Å². The minimum atomic E-state index is -0.139. The predicted octanol–water partition coefficient (Wildman–Crippen LogP) is 3.27. The molecule has 0 aliphatic carbocycles. The molecule has 0 saturated carbocycles. The predicted molar refractivity (Wildman–Crippen MR) is 94.6 cm³/mol. The molecule has 2 saturated heterocycles. The van der Waals surface area contributed by atoms with Crippen LogP contribution in [0.3, 0.4) is 0 Å². The molecular formula is C19H19ClN2O2. The fourth-order valence-electron chi connectivity index (χ4n) is 3.50. The van der Waals surface area contributed by atoms with Gasteiger partial charge in [-0.1, -0.05) is 23.7 Å². The van der Waals surface area contributed by atoms with Gasteiger partial charge in [0.25, 0.3) is 5.91 Å². The number of morpholine rings is 1. The molecule has 0 aromatic heterocycles. The van der Waals surface area contributed by atoms with E-state index < -0.39 is 0 Å². The van der Waals surface area contributed by atoms with Gasteiger partial charge in [-0.15, -0.1) is 0 Å². The van der Waals surface area contributed by atoms with Crippen LogP contribution in [0, 0.1) is 0 Å². The summed E-state index contributed by atoms with van der Waals surface area (Å²) in [6.45, 7) is 1.74. The maximum atomic E-state index is 12.2. The number of amides is 1. The average Bonchev–Trinajstić information content (AvgIpc) is 3.18. The average molecular weight is 343 g/mol. The van der Waals surface area contributed by atoms with E-state index in [9.17, 15) is 4.79 Å². The number of hydrogen-bond acceptors (Lipinski definition) is 3. The molecule has 2 bridgehead atoms. The van der Waals surface area contributed by atoms with E-state index in [0.717, 1.165) is 31.7 Å². The van der Waals surface area contributed by atoms with Crippen LogP contribution in [0.25, 0.3) is 0 Å². The summed E-state index contributed by atoms with van der Waals surface area (Å²) >= 11 is 5.84. The van der Waals surface area contributed by atoms with Crippen molar-refractivity contribution in [2.75, 3.05) is 18.5 Å². The van der Waals surface area contributed by atoms with Crippen LogP contribution in [-0.4, -0.2) is 30.7 Å². The molecule has 2 aromatic rings. The van der Waals surface area contributed by atoms with E-state index in [1.165, 1.54) is 5.56 Å². The zero-order valence-corrected chi connectivity index (χ0v) is 14.0. The maximum Gasteiger partial charge on any atom is 0.255 e. The Kier molecular flexibility index (Phi) is 4.04. The molecule has 0 unspecified atom stereocenters. The van der Waals surface area contributed by atoms with E-state index in [0.29, 0.717) is 16.6 Å². The van der Waals surface area contributed by atoms with Gasteiger partial charge in [-0.05, 0) is 48.4 Å². The van der Waals surface area contributed by atoms with Gasteiger partial charge in [-0.3, -0.25) is 4.79 Å². The molecule has 0 spiro atoms. The van der Waals surface area contributed by atoms with Crippen LogP contribution in [-0.2, 0) is 11.2 Å². The number of halogens is 1. The maximum absolute atomic E-state index is 12.2. The van der Waals surface area contributed by atoms with Gasteiger partial charge in [0.15, 0.2) is 0 Å². The van der Waals surface area contributed by atoms with Crippen LogP contribution < -0.4 is 10.6 Å². The standard InChI is InChI=1S/C19H19ClN2O2/c20-15-5-3-14(4-6-15)18(23)22-16-7-1-13(2-8-16)9-19-10-17(11-24-19)21-12-19/h1-8,17,21H,9-12H2,(H,22,23)/t17-,19-/m1/s1. The third-order valence-electron chi connectivity index (χ3n) is 4.77. The highest BCUT2D eigenvalue weighted by Crippen LogP contribution is 2.34. The van der Waals surface area contributed by atoms with Gasteiger partial charge >= 0.3 is 0 Å². The van der Waals surface area contributed by atoms with Crippen molar-refractivity contribution in [3.63, 3.8) is 0 Å². The molecule has 2 aromatic carbocycles. The molecule has 2 aliphatic rings. The van der Waals surface area contributed by atoms with E-state index in [-0.39, 0.29) is 11.5 Å². The third-order valence-corrected chi connectivity index (χ3v) is 5.02. The molecule has 2 heterocycles. The highest BCUT2D eigenvalue weighted by molar-refractivity contribution is 6.30. The first-order valence-electron chi connectivity index (χ1n) is 8.15. The molecule has 24 heavy (non-hydrogen) atoms. The lowest BCUT2D eigenvalue weighted by Crippen LogP contribution is -2.40. The van der Waals surface area contributed by atoms with Gasteiger partial charge in [-0.2, -0.15) is 0 Å². The van der Waals surface area contributed by atoms with Crippen LogP contribution >= 0.6 is 11.6 Å². The summed E-state index contributed by atoms with van der Waals surface area (Å²) in [5.41, 5.74) is 2.55. The molecule has 2 N–H and O–H groups in total. The molecule has 0 radical (unpaired) electrons. The van der Waals surface area contributed by atoms with Crippen molar-refractivity contribution in [2.24, 2.45) is 0 Å². The van der Waals surface area contributed by atoms with Crippen LogP contribution in [0.4, 0.5) is 5.69 Å². The molecular weight excluding hydrogens is 324 g/mol. The summed E-state index contributed by atoms with van der Waals surface area (Å²) in [5, 5.41) is 7.01. The Labute approximate surface area is 146 Å². The third kappa shape index (κ3) is 3.18. The van der Waals surface area contributed by atoms with Gasteiger partial charge in [0.05, 0.1) is 12.2 Å². The minimum absolute atomic E-state index is 0.0429. The zero-order valence-electron chi connectivity index (χ0n) is 13.2. The molecule has 4 rings (SSSR count). The first-order valence-corrected chi connectivity index (χ1v) is 8.53. The Balaban J connectivity index is 1.40. The lowest BCUT2D eigenvalue weighted by Gasteiger charge is -2.26. The van der Waals surface area contributed by atoms with E-state index in [1.54, 1.807) is 24.3 Å². The number of anilines is 1. The quantitative estimate of drug-likeness (QED) is 0.896. The molecule has 124 valence electrons. The number of ether oxygens (including phenoxy) is 1. The van der Waals surface area contributed by atoms with Gasteiger partial charge in [0.2, 0.25) is 0 Å². The van der Waals surface area contributed by atoms with Crippen molar-refractivity contribution in [1.82, 2.24) is 5.32 Å². The second kappa shape index (κ2) is 6.20. The van der Waals surface area contributed by atoms with Crippen molar-refractivity contribution in [1.29, 1.82) is 0 Å². The first kappa shape index (κ1) is 15.6. The number of hydrogen-bond donors (Lipinski definition) is 2. The fourth-order valence-corrected chi connectivity index (χ4v) is 3.62. The summed E-state index contributed by atoms with van der Waals surface area (Å²) in [6.07, 6.45) is 1.99. The highest BCUT2D eigenvalue weighted by Gasteiger charge is 2.45. The number of carbonyl (C=O) groups is 1.